The van der Waals surface area contributed by atoms with Gasteiger partial charge in [-0.1, -0.05) is 0 Å². The van der Waals surface area contributed by atoms with Crippen LogP contribution < -0.4 is 0 Å². The average molecular weight is 251 g/mol. The van der Waals surface area contributed by atoms with E-state index in [2.05, 4.69) is 4.90 Å². The van der Waals surface area contributed by atoms with Gasteiger partial charge in [-0.2, -0.15) is 0 Å². The van der Waals surface area contributed by atoms with Gasteiger partial charge >= 0.3 is 0 Å². The van der Waals surface area contributed by atoms with E-state index in [1.807, 2.05) is 27.7 Å². The highest BCUT2D eigenvalue weighted by Gasteiger charge is 2.18. The van der Waals surface area contributed by atoms with Gasteiger partial charge in [0, 0.05) is 17.6 Å². The monoisotopic (exact) mass is 251 g/mol. The second-order valence-electron chi connectivity index (χ2n) is 4.99. The van der Waals surface area contributed by atoms with Gasteiger partial charge in [0.05, 0.1) is 6.54 Å². The van der Waals surface area contributed by atoms with Crippen molar-refractivity contribution in [3.63, 3.8) is 0 Å². The van der Waals surface area contributed by atoms with Gasteiger partial charge in [0.25, 0.3) is 0 Å². The van der Waals surface area contributed by atoms with Crippen LogP contribution in [0.3, 0.4) is 0 Å². The standard InChI is InChI=1S/C14H21NO3/c1-9(2)15(10(3)4)8-14(18)11-5-6-12(16)13(17)7-11/h5-7,9-10,16-17H,8H2,1-4H3. The molecule has 4 heteroatoms. The molecule has 0 aliphatic rings. The zero-order valence-electron chi connectivity index (χ0n) is 11.3. The molecule has 18 heavy (non-hydrogen) atoms. The lowest BCUT2D eigenvalue weighted by atomic mass is 10.1. The molecule has 1 rings (SSSR count). The molecule has 0 saturated heterocycles. The van der Waals surface area contributed by atoms with Crippen LogP contribution in [0, 0.1) is 0 Å². The van der Waals surface area contributed by atoms with Crippen molar-refractivity contribution in [2.75, 3.05) is 6.54 Å². The van der Waals surface area contributed by atoms with Gasteiger partial charge in [0.1, 0.15) is 0 Å². The van der Waals surface area contributed by atoms with Crippen LogP contribution in [0.15, 0.2) is 18.2 Å². The summed E-state index contributed by atoms with van der Waals surface area (Å²) >= 11 is 0. The van der Waals surface area contributed by atoms with E-state index in [1.54, 1.807) is 0 Å². The molecule has 0 aliphatic carbocycles. The molecule has 0 heterocycles. The molecular formula is C14H21NO3. The number of hydrogen-bond donors (Lipinski definition) is 2. The van der Waals surface area contributed by atoms with Gasteiger partial charge < -0.3 is 10.2 Å². The fourth-order valence-corrected chi connectivity index (χ4v) is 1.92. The van der Waals surface area contributed by atoms with Gasteiger partial charge in [0.15, 0.2) is 17.3 Å². The van der Waals surface area contributed by atoms with Gasteiger partial charge in [-0.3, -0.25) is 9.69 Å². The van der Waals surface area contributed by atoms with Crippen LogP contribution >= 0.6 is 0 Å². The van der Waals surface area contributed by atoms with E-state index in [1.165, 1.54) is 18.2 Å². The molecule has 0 aromatic heterocycles. The van der Waals surface area contributed by atoms with Crippen LogP contribution in [0.4, 0.5) is 0 Å². The lowest BCUT2D eigenvalue weighted by Crippen LogP contribution is -2.40. The van der Waals surface area contributed by atoms with Crippen molar-refractivity contribution in [3.05, 3.63) is 23.8 Å². The Labute approximate surface area is 108 Å². The molecule has 0 radical (unpaired) electrons. The summed E-state index contributed by atoms with van der Waals surface area (Å²) < 4.78 is 0. The van der Waals surface area contributed by atoms with Crippen molar-refractivity contribution in [3.8, 4) is 11.5 Å². The summed E-state index contributed by atoms with van der Waals surface area (Å²) in [7, 11) is 0. The minimum atomic E-state index is -0.263. The highest BCUT2D eigenvalue weighted by molar-refractivity contribution is 5.98. The number of rotatable bonds is 5. The number of carbonyl (C=O) groups is 1. The molecule has 1 aromatic rings. The molecule has 0 spiro atoms. The highest BCUT2D eigenvalue weighted by atomic mass is 16.3. The second kappa shape index (κ2) is 5.87. The van der Waals surface area contributed by atoms with E-state index >= 15 is 0 Å². The molecule has 4 nitrogen and oxygen atoms in total. The zero-order valence-corrected chi connectivity index (χ0v) is 11.3. The van der Waals surface area contributed by atoms with Gasteiger partial charge in [-0.25, -0.2) is 0 Å². The number of nitrogens with zero attached hydrogens (tertiary/aromatic N) is 1. The molecule has 0 atom stereocenters. The first kappa shape index (κ1) is 14.5. The lowest BCUT2D eigenvalue weighted by molar-refractivity contribution is 0.0866. The van der Waals surface area contributed by atoms with E-state index in [0.29, 0.717) is 12.1 Å². The van der Waals surface area contributed by atoms with Gasteiger partial charge in [0.2, 0.25) is 0 Å². The largest absolute Gasteiger partial charge is 0.504 e. The third kappa shape index (κ3) is 3.47. The van der Waals surface area contributed by atoms with Crippen molar-refractivity contribution in [1.29, 1.82) is 0 Å². The molecule has 0 aliphatic heterocycles. The first-order valence-electron chi connectivity index (χ1n) is 6.13. The summed E-state index contributed by atoms with van der Waals surface area (Å²) in [6.45, 7) is 8.48. The van der Waals surface area contributed by atoms with Crippen molar-refractivity contribution in [2.24, 2.45) is 0 Å². The van der Waals surface area contributed by atoms with Crippen LogP contribution in [-0.2, 0) is 0 Å². The van der Waals surface area contributed by atoms with Crippen molar-refractivity contribution < 1.29 is 15.0 Å². The molecule has 0 fully saturated rings. The predicted octanol–water partition coefficient (Wildman–Crippen LogP) is 2.40. The second-order valence-corrected chi connectivity index (χ2v) is 4.99. The molecule has 0 bridgehead atoms. The average Bonchev–Trinajstić information content (AvgIpc) is 2.28. The van der Waals surface area contributed by atoms with Crippen LogP contribution in [0.1, 0.15) is 38.1 Å². The molecular weight excluding hydrogens is 230 g/mol. The Morgan fingerprint density at radius 2 is 1.67 bits per heavy atom. The number of benzene rings is 1. The number of phenolic OH excluding ortho intramolecular Hbond substituents is 2. The van der Waals surface area contributed by atoms with E-state index < -0.39 is 0 Å². The van der Waals surface area contributed by atoms with Crippen molar-refractivity contribution >= 4 is 5.78 Å². The summed E-state index contributed by atoms with van der Waals surface area (Å²) in [6, 6.07) is 4.71. The zero-order chi connectivity index (χ0) is 13.9. The van der Waals surface area contributed by atoms with E-state index in [4.69, 9.17) is 0 Å². The summed E-state index contributed by atoms with van der Waals surface area (Å²) in [4.78, 5) is 14.2. The van der Waals surface area contributed by atoms with Crippen molar-refractivity contribution in [2.45, 2.75) is 39.8 Å². The Morgan fingerprint density at radius 1 is 1.11 bits per heavy atom. The van der Waals surface area contributed by atoms with Gasteiger partial charge in [-0.05, 0) is 45.9 Å². The highest BCUT2D eigenvalue weighted by Crippen LogP contribution is 2.25. The van der Waals surface area contributed by atoms with E-state index in [0.717, 1.165) is 0 Å². The van der Waals surface area contributed by atoms with Crippen LogP contribution in [-0.4, -0.2) is 39.5 Å². The Kier molecular flexibility index (Phi) is 4.73. The van der Waals surface area contributed by atoms with Gasteiger partial charge in [-0.15, -0.1) is 0 Å². The van der Waals surface area contributed by atoms with E-state index in [9.17, 15) is 15.0 Å². The third-order valence-corrected chi connectivity index (χ3v) is 2.95. The number of ketones is 1. The fraction of sp³-hybridized carbons (Fsp3) is 0.500. The quantitative estimate of drug-likeness (QED) is 0.623. The van der Waals surface area contributed by atoms with Crippen molar-refractivity contribution in [1.82, 2.24) is 4.90 Å². The third-order valence-electron chi connectivity index (χ3n) is 2.95. The normalized spacial score (nSPS) is 11.5. The van der Waals surface area contributed by atoms with Crippen LogP contribution in [0.5, 0.6) is 11.5 Å². The summed E-state index contributed by atoms with van der Waals surface area (Å²) in [6.07, 6.45) is 0. The minimum Gasteiger partial charge on any atom is -0.504 e. The minimum absolute atomic E-state index is 0.0623. The molecule has 1 aromatic carbocycles. The maximum Gasteiger partial charge on any atom is 0.176 e. The van der Waals surface area contributed by atoms with E-state index in [-0.39, 0.29) is 29.4 Å². The first-order valence-corrected chi connectivity index (χ1v) is 6.13. The lowest BCUT2D eigenvalue weighted by Gasteiger charge is -2.29. The summed E-state index contributed by atoms with van der Waals surface area (Å²) in [5.41, 5.74) is 0.414. The fourth-order valence-electron chi connectivity index (χ4n) is 1.92. The first-order chi connectivity index (χ1) is 8.32. The molecule has 2 N–H and O–H groups in total. The molecule has 0 amide bonds. The molecule has 100 valence electrons. The van der Waals surface area contributed by atoms with Crippen LogP contribution in [0.2, 0.25) is 0 Å². The predicted molar refractivity (Wildman–Crippen MR) is 71.1 cm³/mol. The summed E-state index contributed by atoms with van der Waals surface area (Å²) in [5, 5.41) is 18.6. The number of carbonyl (C=O) groups excluding carboxylic acids is 1. The Bertz CT molecular complexity index is 419. The number of phenols is 2. The molecule has 0 saturated carbocycles. The Hall–Kier alpha value is -1.55. The topological polar surface area (TPSA) is 60.8 Å². The SMILES string of the molecule is CC(C)N(CC(=O)c1ccc(O)c(O)c1)C(C)C. The number of hydrogen-bond acceptors (Lipinski definition) is 4. The Balaban J connectivity index is 2.84. The molecule has 0 unspecified atom stereocenters. The van der Waals surface area contributed by atoms with Crippen LogP contribution in [0.25, 0.3) is 0 Å². The maximum absolute atomic E-state index is 12.1. The summed E-state index contributed by atoms with van der Waals surface area (Å²) in [5.74, 6) is -0.537. The smallest absolute Gasteiger partial charge is 0.176 e. The Morgan fingerprint density at radius 3 is 2.11 bits per heavy atom. The maximum atomic E-state index is 12.1. The number of Topliss-reactive ketones (excluding diaryl/α,β-unsaturated/α-hetero) is 1. The number of aromatic hydroxyl groups is 2.